The summed E-state index contributed by atoms with van der Waals surface area (Å²) >= 11 is 5.58. The summed E-state index contributed by atoms with van der Waals surface area (Å²) in [6.45, 7) is 3.27. The van der Waals surface area contributed by atoms with Crippen LogP contribution in [0.15, 0.2) is 41.0 Å². The van der Waals surface area contributed by atoms with Gasteiger partial charge in [0.15, 0.2) is 0 Å². The number of carbonyl (C=O) groups is 2. The monoisotopic (exact) mass is 395 g/mol. The van der Waals surface area contributed by atoms with Crippen molar-refractivity contribution in [3.05, 3.63) is 56.7 Å². The largest absolute Gasteiger partial charge is 0.466 e. The standard InChI is InChI=1S/C17H18ClN3O6/c1-9-13(16(22)26-3)15(11-6-12(21(24)25)8-19-7-11)14(10(2)20-9)17(23)27-5-4-18/h6-8,15,20H,4-5H2,1-3H3. The minimum absolute atomic E-state index is 0.0205. The molecule has 1 atom stereocenters. The SMILES string of the molecule is COC(=O)C1=C(C)NC(C)=C(C(=O)OCCCl)C1c1cncc([N+](=O)[O-])c1. The lowest BCUT2D eigenvalue weighted by molar-refractivity contribution is -0.385. The van der Waals surface area contributed by atoms with Crippen LogP contribution in [-0.4, -0.2) is 41.4 Å². The van der Waals surface area contributed by atoms with Gasteiger partial charge in [0, 0.05) is 23.7 Å². The molecule has 0 fully saturated rings. The van der Waals surface area contributed by atoms with Gasteiger partial charge in [-0.1, -0.05) is 0 Å². The summed E-state index contributed by atoms with van der Waals surface area (Å²) < 4.78 is 9.98. The molecule has 1 N–H and O–H groups in total. The summed E-state index contributed by atoms with van der Waals surface area (Å²) in [5, 5.41) is 14.1. The molecule has 0 aromatic carbocycles. The molecular formula is C17H18ClN3O6. The zero-order valence-corrected chi connectivity index (χ0v) is 15.7. The number of esters is 2. The highest BCUT2D eigenvalue weighted by Gasteiger charge is 2.38. The molecule has 0 radical (unpaired) electrons. The molecule has 9 nitrogen and oxygen atoms in total. The highest BCUT2D eigenvalue weighted by atomic mass is 35.5. The maximum Gasteiger partial charge on any atom is 0.336 e. The van der Waals surface area contributed by atoms with Crippen LogP contribution in [0, 0.1) is 10.1 Å². The van der Waals surface area contributed by atoms with E-state index in [9.17, 15) is 19.7 Å². The lowest BCUT2D eigenvalue weighted by Crippen LogP contribution is -2.32. The van der Waals surface area contributed by atoms with Crippen molar-refractivity contribution >= 4 is 29.2 Å². The zero-order chi connectivity index (χ0) is 20.1. The Bertz CT molecular complexity index is 849. The first-order valence-electron chi connectivity index (χ1n) is 7.91. The van der Waals surface area contributed by atoms with E-state index >= 15 is 0 Å². The second-order valence-electron chi connectivity index (χ2n) is 5.69. The molecule has 0 bridgehead atoms. The van der Waals surface area contributed by atoms with Crippen molar-refractivity contribution in [1.82, 2.24) is 10.3 Å². The van der Waals surface area contributed by atoms with E-state index in [1.807, 2.05) is 0 Å². The second kappa shape index (κ2) is 8.63. The van der Waals surface area contributed by atoms with Crippen LogP contribution in [0.5, 0.6) is 0 Å². The molecule has 0 aliphatic carbocycles. The van der Waals surface area contributed by atoms with Crippen LogP contribution in [0.3, 0.4) is 0 Å². The Morgan fingerprint density at radius 1 is 1.26 bits per heavy atom. The Hall–Kier alpha value is -2.94. The van der Waals surface area contributed by atoms with E-state index in [0.717, 1.165) is 6.20 Å². The first-order valence-corrected chi connectivity index (χ1v) is 8.44. The van der Waals surface area contributed by atoms with Gasteiger partial charge >= 0.3 is 11.9 Å². The minimum atomic E-state index is -0.936. The van der Waals surface area contributed by atoms with Gasteiger partial charge in [-0.15, -0.1) is 11.6 Å². The summed E-state index contributed by atoms with van der Waals surface area (Å²) in [4.78, 5) is 39.4. The topological polar surface area (TPSA) is 121 Å². The fraction of sp³-hybridized carbons (Fsp3) is 0.353. The average molecular weight is 396 g/mol. The normalized spacial score (nSPS) is 16.7. The molecule has 0 saturated carbocycles. The smallest absolute Gasteiger partial charge is 0.336 e. The van der Waals surface area contributed by atoms with Crippen LogP contribution in [0.25, 0.3) is 0 Å². The molecule has 2 rings (SSSR count). The van der Waals surface area contributed by atoms with Gasteiger partial charge < -0.3 is 14.8 Å². The molecule has 0 amide bonds. The third-order valence-corrected chi connectivity index (χ3v) is 4.14. The summed E-state index contributed by atoms with van der Waals surface area (Å²) in [5.41, 5.74) is 1.22. The van der Waals surface area contributed by atoms with Crippen LogP contribution in [0.4, 0.5) is 5.69 Å². The zero-order valence-electron chi connectivity index (χ0n) is 14.9. The van der Waals surface area contributed by atoms with Gasteiger partial charge in [0.1, 0.15) is 12.8 Å². The third kappa shape index (κ3) is 4.25. The van der Waals surface area contributed by atoms with Gasteiger partial charge in [0.2, 0.25) is 0 Å². The first-order chi connectivity index (χ1) is 12.8. The van der Waals surface area contributed by atoms with Gasteiger partial charge in [-0.2, -0.15) is 0 Å². The molecule has 0 saturated heterocycles. The van der Waals surface area contributed by atoms with Crippen molar-refractivity contribution in [1.29, 1.82) is 0 Å². The second-order valence-corrected chi connectivity index (χ2v) is 6.06. The fourth-order valence-electron chi connectivity index (χ4n) is 2.89. The van der Waals surface area contributed by atoms with Crippen LogP contribution in [0.2, 0.25) is 0 Å². The average Bonchev–Trinajstić information content (AvgIpc) is 2.64. The number of carbonyl (C=O) groups excluding carboxylic acids is 2. The number of methoxy groups -OCH3 is 1. The quantitative estimate of drug-likeness (QED) is 0.336. The van der Waals surface area contributed by atoms with Crippen molar-refractivity contribution < 1.29 is 24.0 Å². The number of nitro groups is 1. The maximum absolute atomic E-state index is 12.6. The third-order valence-electron chi connectivity index (χ3n) is 3.99. The van der Waals surface area contributed by atoms with Crippen LogP contribution >= 0.6 is 11.6 Å². The number of rotatable bonds is 6. The van der Waals surface area contributed by atoms with E-state index in [2.05, 4.69) is 10.3 Å². The van der Waals surface area contributed by atoms with Crippen molar-refractivity contribution in [3.63, 3.8) is 0 Å². The van der Waals surface area contributed by atoms with Crippen molar-refractivity contribution in [3.8, 4) is 0 Å². The van der Waals surface area contributed by atoms with E-state index in [1.54, 1.807) is 13.8 Å². The van der Waals surface area contributed by atoms with Crippen molar-refractivity contribution in [2.45, 2.75) is 19.8 Å². The number of pyridine rings is 1. The van der Waals surface area contributed by atoms with Gasteiger partial charge in [-0.3, -0.25) is 15.1 Å². The number of dihydropyridines is 1. The van der Waals surface area contributed by atoms with E-state index < -0.39 is 22.8 Å². The molecule has 2 heterocycles. The summed E-state index contributed by atoms with van der Waals surface area (Å²) in [7, 11) is 1.21. The first kappa shape index (κ1) is 20.4. The Balaban J connectivity index is 2.65. The summed E-state index contributed by atoms with van der Waals surface area (Å²) in [6, 6.07) is 1.27. The summed E-state index contributed by atoms with van der Waals surface area (Å²) in [6.07, 6.45) is 2.45. The summed E-state index contributed by atoms with van der Waals surface area (Å²) in [5.74, 6) is -2.19. The number of hydrogen-bond donors (Lipinski definition) is 1. The highest BCUT2D eigenvalue weighted by Crippen LogP contribution is 2.39. The number of halogens is 1. The maximum atomic E-state index is 12.6. The molecule has 1 unspecified atom stereocenters. The molecule has 1 aromatic heterocycles. The van der Waals surface area contributed by atoms with Crippen LogP contribution in [-0.2, 0) is 19.1 Å². The van der Waals surface area contributed by atoms with Crippen molar-refractivity contribution in [2.24, 2.45) is 0 Å². The molecular weight excluding hydrogens is 378 g/mol. The van der Waals surface area contributed by atoms with Gasteiger partial charge in [-0.05, 0) is 19.4 Å². The highest BCUT2D eigenvalue weighted by molar-refractivity contribution is 6.18. The minimum Gasteiger partial charge on any atom is -0.466 e. The van der Waals surface area contributed by atoms with Gasteiger partial charge in [-0.25, -0.2) is 9.59 Å². The molecule has 27 heavy (non-hydrogen) atoms. The molecule has 1 aliphatic heterocycles. The Morgan fingerprint density at radius 2 is 1.89 bits per heavy atom. The number of nitrogens with zero attached hydrogens (tertiary/aromatic N) is 2. The molecule has 144 valence electrons. The van der Waals surface area contributed by atoms with E-state index in [1.165, 1.54) is 19.4 Å². The van der Waals surface area contributed by atoms with Crippen LogP contribution < -0.4 is 5.32 Å². The Morgan fingerprint density at radius 3 is 2.44 bits per heavy atom. The Kier molecular flexibility index (Phi) is 6.51. The predicted molar refractivity (Wildman–Crippen MR) is 95.9 cm³/mol. The van der Waals surface area contributed by atoms with Crippen molar-refractivity contribution in [2.75, 3.05) is 19.6 Å². The van der Waals surface area contributed by atoms with Crippen LogP contribution in [0.1, 0.15) is 25.3 Å². The fourth-order valence-corrected chi connectivity index (χ4v) is 2.97. The number of hydrogen-bond acceptors (Lipinski definition) is 8. The molecule has 0 spiro atoms. The number of alkyl halides is 1. The Labute approximate surface area is 160 Å². The predicted octanol–water partition coefficient (Wildman–Crippen LogP) is 2.18. The van der Waals surface area contributed by atoms with E-state index in [4.69, 9.17) is 21.1 Å². The van der Waals surface area contributed by atoms with E-state index in [0.29, 0.717) is 17.0 Å². The number of nitrogens with one attached hydrogen (secondary N) is 1. The molecule has 10 heteroatoms. The van der Waals surface area contributed by atoms with Gasteiger partial charge in [0.05, 0.1) is 35.0 Å². The van der Waals surface area contributed by atoms with Gasteiger partial charge in [0.25, 0.3) is 5.69 Å². The number of allylic oxidation sites excluding steroid dienone is 2. The van der Waals surface area contributed by atoms with E-state index in [-0.39, 0.29) is 29.3 Å². The lowest BCUT2D eigenvalue weighted by Gasteiger charge is -2.29. The molecule has 1 aromatic rings. The lowest BCUT2D eigenvalue weighted by atomic mass is 9.81. The molecule has 1 aliphatic rings. The number of ether oxygens (including phenoxy) is 2. The number of aromatic nitrogens is 1.